The molecule has 24 heavy (non-hydrogen) atoms. The number of nitrogens with one attached hydrogen (secondary N) is 2. The van der Waals surface area contributed by atoms with Gasteiger partial charge >= 0.3 is 12.2 Å². The summed E-state index contributed by atoms with van der Waals surface area (Å²) in [6.07, 6.45) is -0.237. The largest absolute Gasteiger partial charge is 0.444 e. The van der Waals surface area contributed by atoms with E-state index in [1.807, 2.05) is 53.7 Å². The molecular formula is C18H28N2O4. The van der Waals surface area contributed by atoms with Gasteiger partial charge in [0.05, 0.1) is 0 Å². The summed E-state index contributed by atoms with van der Waals surface area (Å²) in [5, 5.41) is 5.38. The van der Waals surface area contributed by atoms with E-state index < -0.39 is 23.4 Å². The van der Waals surface area contributed by atoms with E-state index in [9.17, 15) is 9.59 Å². The van der Waals surface area contributed by atoms with Crippen LogP contribution >= 0.6 is 0 Å². The smallest absolute Gasteiger partial charge is 0.412 e. The summed E-state index contributed by atoms with van der Waals surface area (Å²) < 4.78 is 10.4. The molecule has 0 atom stereocenters. The minimum absolute atomic E-state index is 0.425. The summed E-state index contributed by atoms with van der Waals surface area (Å²) in [5.41, 5.74) is 0.671. The van der Waals surface area contributed by atoms with Gasteiger partial charge in [-0.2, -0.15) is 0 Å². The molecule has 0 bridgehead atoms. The predicted molar refractivity (Wildman–Crippen MR) is 94.2 cm³/mol. The molecule has 1 aromatic carbocycles. The van der Waals surface area contributed by atoms with Crippen LogP contribution in [0.5, 0.6) is 0 Å². The molecule has 0 heterocycles. The molecule has 0 radical (unpaired) electrons. The molecular weight excluding hydrogens is 308 g/mol. The van der Waals surface area contributed by atoms with Gasteiger partial charge in [-0.05, 0) is 65.7 Å². The third-order valence-corrected chi connectivity index (χ3v) is 2.68. The first-order valence-corrected chi connectivity index (χ1v) is 8.00. The molecule has 6 heteroatoms. The van der Waals surface area contributed by atoms with Gasteiger partial charge in [-0.15, -0.1) is 0 Å². The number of hydrogen-bond donors (Lipinski definition) is 2. The fourth-order valence-electron chi connectivity index (χ4n) is 1.80. The molecule has 6 nitrogen and oxygen atoms in total. The second-order valence-corrected chi connectivity index (χ2v) is 7.50. The Morgan fingerprint density at radius 3 is 1.88 bits per heavy atom. The minimum Gasteiger partial charge on any atom is -0.444 e. The van der Waals surface area contributed by atoms with Crippen LogP contribution in [0, 0.1) is 0 Å². The highest BCUT2D eigenvalue weighted by Gasteiger charge is 2.16. The standard InChI is InChI=1S/C18H28N2O4/c1-17(2,3)23-15(21)19-12-11-13-7-9-14(10-8-13)20-16(22)24-18(4,5)6/h7-10H,11-12H2,1-6H3,(H,19,21)(H,20,22). The maximum atomic E-state index is 11.7. The van der Waals surface area contributed by atoms with Crippen molar-refractivity contribution in [2.24, 2.45) is 0 Å². The Morgan fingerprint density at radius 1 is 0.875 bits per heavy atom. The van der Waals surface area contributed by atoms with Gasteiger partial charge < -0.3 is 14.8 Å². The van der Waals surface area contributed by atoms with Crippen LogP contribution in [0.4, 0.5) is 15.3 Å². The molecule has 0 saturated carbocycles. The average molecular weight is 336 g/mol. The highest BCUT2D eigenvalue weighted by Crippen LogP contribution is 2.13. The number of rotatable bonds is 4. The minimum atomic E-state index is -0.530. The van der Waals surface area contributed by atoms with Crippen molar-refractivity contribution in [2.45, 2.75) is 59.2 Å². The highest BCUT2D eigenvalue weighted by molar-refractivity contribution is 5.84. The summed E-state index contributed by atoms with van der Waals surface area (Å²) in [6.45, 7) is 11.4. The Kier molecular flexibility index (Phi) is 6.63. The van der Waals surface area contributed by atoms with Crippen molar-refractivity contribution in [3.05, 3.63) is 29.8 Å². The zero-order valence-electron chi connectivity index (χ0n) is 15.4. The number of alkyl carbamates (subject to hydrolysis) is 1. The predicted octanol–water partition coefficient (Wildman–Crippen LogP) is 4.10. The monoisotopic (exact) mass is 336 g/mol. The zero-order chi connectivity index (χ0) is 18.4. The number of amides is 2. The van der Waals surface area contributed by atoms with Crippen LogP contribution in [0.3, 0.4) is 0 Å². The van der Waals surface area contributed by atoms with Crippen LogP contribution in [-0.4, -0.2) is 29.9 Å². The molecule has 1 aromatic rings. The van der Waals surface area contributed by atoms with Gasteiger partial charge in [0, 0.05) is 12.2 Å². The molecule has 0 spiro atoms. The molecule has 2 amide bonds. The van der Waals surface area contributed by atoms with E-state index in [2.05, 4.69) is 10.6 Å². The lowest BCUT2D eigenvalue weighted by Gasteiger charge is -2.20. The molecule has 1 rings (SSSR count). The van der Waals surface area contributed by atoms with E-state index in [4.69, 9.17) is 9.47 Å². The normalized spacial score (nSPS) is 11.6. The Balaban J connectivity index is 2.40. The van der Waals surface area contributed by atoms with Crippen LogP contribution in [0.1, 0.15) is 47.1 Å². The fraction of sp³-hybridized carbons (Fsp3) is 0.556. The number of hydrogen-bond acceptors (Lipinski definition) is 4. The van der Waals surface area contributed by atoms with Gasteiger partial charge in [0.15, 0.2) is 0 Å². The van der Waals surface area contributed by atoms with Gasteiger partial charge in [0.1, 0.15) is 11.2 Å². The van der Waals surface area contributed by atoms with Crippen molar-refractivity contribution in [3.8, 4) is 0 Å². The van der Waals surface area contributed by atoms with E-state index in [0.717, 1.165) is 5.56 Å². The molecule has 0 fully saturated rings. The Hall–Kier alpha value is -2.24. The zero-order valence-corrected chi connectivity index (χ0v) is 15.4. The van der Waals surface area contributed by atoms with E-state index in [1.165, 1.54) is 0 Å². The van der Waals surface area contributed by atoms with Gasteiger partial charge in [-0.1, -0.05) is 12.1 Å². The Labute approximate surface area is 143 Å². The van der Waals surface area contributed by atoms with Crippen molar-refractivity contribution in [2.75, 3.05) is 11.9 Å². The number of ether oxygens (including phenoxy) is 2. The molecule has 0 aliphatic rings. The van der Waals surface area contributed by atoms with Crippen LogP contribution in [0.15, 0.2) is 24.3 Å². The van der Waals surface area contributed by atoms with E-state index in [0.29, 0.717) is 18.7 Å². The van der Waals surface area contributed by atoms with Crippen LogP contribution in [0.2, 0.25) is 0 Å². The first-order valence-electron chi connectivity index (χ1n) is 8.00. The molecule has 0 unspecified atom stereocenters. The first-order chi connectivity index (χ1) is 10.9. The first kappa shape index (κ1) is 19.8. The number of anilines is 1. The van der Waals surface area contributed by atoms with Gasteiger partial charge in [-0.3, -0.25) is 5.32 Å². The van der Waals surface area contributed by atoms with Gasteiger partial charge in [0.2, 0.25) is 0 Å². The highest BCUT2D eigenvalue weighted by atomic mass is 16.6. The van der Waals surface area contributed by atoms with Crippen molar-refractivity contribution in [1.29, 1.82) is 0 Å². The lowest BCUT2D eigenvalue weighted by atomic mass is 10.1. The third-order valence-electron chi connectivity index (χ3n) is 2.68. The molecule has 0 aliphatic heterocycles. The van der Waals surface area contributed by atoms with Crippen molar-refractivity contribution < 1.29 is 19.1 Å². The topological polar surface area (TPSA) is 76.7 Å². The maximum Gasteiger partial charge on any atom is 0.412 e. The summed E-state index contributed by atoms with van der Waals surface area (Å²) in [5.74, 6) is 0. The van der Waals surface area contributed by atoms with Crippen LogP contribution in [-0.2, 0) is 15.9 Å². The molecule has 0 aromatic heterocycles. The molecule has 2 N–H and O–H groups in total. The van der Waals surface area contributed by atoms with E-state index >= 15 is 0 Å². The quantitative estimate of drug-likeness (QED) is 0.868. The lowest BCUT2D eigenvalue weighted by molar-refractivity contribution is 0.0527. The number of benzene rings is 1. The van der Waals surface area contributed by atoms with Gasteiger partial charge in [-0.25, -0.2) is 9.59 Å². The SMILES string of the molecule is CC(C)(C)OC(=O)NCCc1ccc(NC(=O)OC(C)(C)C)cc1. The molecule has 0 aliphatic carbocycles. The summed E-state index contributed by atoms with van der Waals surface area (Å²) in [4.78, 5) is 23.2. The van der Waals surface area contributed by atoms with Crippen molar-refractivity contribution >= 4 is 17.9 Å². The van der Waals surface area contributed by atoms with E-state index in [1.54, 1.807) is 12.1 Å². The lowest BCUT2D eigenvalue weighted by Crippen LogP contribution is -2.33. The maximum absolute atomic E-state index is 11.7. The number of carbonyl (C=O) groups is 2. The molecule has 134 valence electrons. The Bertz CT molecular complexity index is 554. The van der Waals surface area contributed by atoms with Crippen LogP contribution in [0.25, 0.3) is 0 Å². The van der Waals surface area contributed by atoms with Crippen molar-refractivity contribution in [1.82, 2.24) is 5.32 Å². The van der Waals surface area contributed by atoms with Gasteiger partial charge in [0.25, 0.3) is 0 Å². The van der Waals surface area contributed by atoms with Crippen molar-refractivity contribution in [3.63, 3.8) is 0 Å². The fourth-order valence-corrected chi connectivity index (χ4v) is 1.80. The number of carbonyl (C=O) groups excluding carboxylic acids is 2. The average Bonchev–Trinajstić information content (AvgIpc) is 2.36. The molecule has 0 saturated heterocycles. The van der Waals surface area contributed by atoms with Crippen LogP contribution < -0.4 is 10.6 Å². The summed E-state index contributed by atoms with van der Waals surface area (Å²) in [7, 11) is 0. The Morgan fingerprint density at radius 2 is 1.38 bits per heavy atom. The summed E-state index contributed by atoms with van der Waals surface area (Å²) in [6, 6.07) is 7.38. The third kappa shape index (κ3) is 9.02. The second kappa shape index (κ2) is 8.04. The van der Waals surface area contributed by atoms with E-state index in [-0.39, 0.29) is 0 Å². The second-order valence-electron chi connectivity index (χ2n) is 7.50. The summed E-state index contributed by atoms with van der Waals surface area (Å²) >= 11 is 0.